The van der Waals surface area contributed by atoms with Crippen LogP contribution in [-0.2, 0) is 16.0 Å². The lowest BCUT2D eigenvalue weighted by atomic mass is 10.1. The fourth-order valence-corrected chi connectivity index (χ4v) is 1.50. The molecule has 2 atom stereocenters. The zero-order valence-corrected chi connectivity index (χ0v) is 10.4. The number of aryl methyl sites for hydroxylation is 1. The van der Waals surface area contributed by atoms with Gasteiger partial charge in [-0.3, -0.25) is 4.79 Å². The van der Waals surface area contributed by atoms with Crippen LogP contribution in [0.2, 0.25) is 0 Å². The Morgan fingerprint density at radius 1 is 1.28 bits per heavy atom. The second-order valence-corrected chi connectivity index (χ2v) is 4.29. The second-order valence-electron chi connectivity index (χ2n) is 4.29. The first kappa shape index (κ1) is 14.2. The molecular weight excluding hydrogens is 234 g/mol. The van der Waals surface area contributed by atoms with Crippen LogP contribution in [0, 0.1) is 6.92 Å². The van der Waals surface area contributed by atoms with Crippen molar-refractivity contribution in [3.05, 3.63) is 35.4 Å². The van der Waals surface area contributed by atoms with Gasteiger partial charge in [0.2, 0.25) is 5.91 Å². The topological polar surface area (TPSA) is 86.6 Å². The van der Waals surface area contributed by atoms with Crippen molar-refractivity contribution in [3.8, 4) is 0 Å². The number of carboxylic acids is 1. The Morgan fingerprint density at radius 3 is 2.28 bits per heavy atom. The molecule has 0 aliphatic carbocycles. The van der Waals surface area contributed by atoms with E-state index < -0.39 is 24.0 Å². The number of aliphatic hydroxyl groups excluding tert-OH is 1. The maximum Gasteiger partial charge on any atom is 0.328 e. The number of carbonyl (C=O) groups is 2. The first-order valence-corrected chi connectivity index (χ1v) is 5.66. The number of benzene rings is 1. The molecule has 0 saturated carbocycles. The van der Waals surface area contributed by atoms with Crippen molar-refractivity contribution in [2.75, 3.05) is 0 Å². The van der Waals surface area contributed by atoms with Crippen LogP contribution in [0.4, 0.5) is 0 Å². The van der Waals surface area contributed by atoms with Crippen molar-refractivity contribution in [2.45, 2.75) is 32.4 Å². The highest BCUT2D eigenvalue weighted by Gasteiger charge is 2.24. The van der Waals surface area contributed by atoms with Crippen molar-refractivity contribution in [2.24, 2.45) is 0 Å². The van der Waals surface area contributed by atoms with Crippen LogP contribution in [0.1, 0.15) is 18.1 Å². The van der Waals surface area contributed by atoms with Crippen LogP contribution < -0.4 is 5.32 Å². The highest BCUT2D eigenvalue weighted by Crippen LogP contribution is 2.04. The predicted octanol–water partition coefficient (Wildman–Crippen LogP) is 0.488. The first-order chi connectivity index (χ1) is 8.40. The number of rotatable bonds is 5. The highest BCUT2D eigenvalue weighted by molar-refractivity contribution is 5.85. The largest absolute Gasteiger partial charge is 0.480 e. The van der Waals surface area contributed by atoms with Crippen LogP contribution in [0.15, 0.2) is 24.3 Å². The fraction of sp³-hybridized carbons (Fsp3) is 0.385. The molecule has 0 heterocycles. The molecule has 0 aliphatic rings. The Labute approximate surface area is 105 Å². The molecule has 0 aliphatic heterocycles. The average molecular weight is 251 g/mol. The van der Waals surface area contributed by atoms with E-state index in [1.54, 1.807) is 0 Å². The third kappa shape index (κ3) is 4.18. The summed E-state index contributed by atoms with van der Waals surface area (Å²) in [5, 5.41) is 20.3. The zero-order chi connectivity index (χ0) is 13.7. The monoisotopic (exact) mass is 251 g/mol. The van der Waals surface area contributed by atoms with Crippen molar-refractivity contribution >= 4 is 11.9 Å². The number of carbonyl (C=O) groups excluding carboxylic acids is 1. The quantitative estimate of drug-likeness (QED) is 0.710. The number of hydrogen-bond donors (Lipinski definition) is 3. The van der Waals surface area contributed by atoms with E-state index in [0.29, 0.717) is 0 Å². The van der Waals surface area contributed by atoms with E-state index in [0.717, 1.165) is 11.1 Å². The van der Waals surface area contributed by atoms with Gasteiger partial charge in [-0.1, -0.05) is 29.8 Å². The van der Waals surface area contributed by atoms with E-state index in [1.165, 1.54) is 6.92 Å². The summed E-state index contributed by atoms with van der Waals surface area (Å²) in [6.45, 7) is 3.27. The summed E-state index contributed by atoms with van der Waals surface area (Å²) in [5.41, 5.74) is 1.89. The number of hydrogen-bond acceptors (Lipinski definition) is 3. The summed E-state index contributed by atoms with van der Waals surface area (Å²) in [4.78, 5) is 22.4. The Morgan fingerprint density at radius 2 is 1.83 bits per heavy atom. The minimum absolute atomic E-state index is 0.0940. The number of amides is 1. The summed E-state index contributed by atoms with van der Waals surface area (Å²) in [6.07, 6.45) is -1.04. The third-order valence-electron chi connectivity index (χ3n) is 2.55. The molecule has 0 aromatic heterocycles. The van der Waals surface area contributed by atoms with Gasteiger partial charge in [0.15, 0.2) is 6.04 Å². The minimum atomic E-state index is -1.28. The van der Waals surface area contributed by atoms with E-state index in [2.05, 4.69) is 5.32 Å². The van der Waals surface area contributed by atoms with Gasteiger partial charge in [-0.15, -0.1) is 0 Å². The molecule has 1 aromatic rings. The summed E-state index contributed by atoms with van der Waals surface area (Å²) in [5.74, 6) is -1.67. The van der Waals surface area contributed by atoms with Crippen molar-refractivity contribution in [1.82, 2.24) is 5.32 Å². The average Bonchev–Trinajstić information content (AvgIpc) is 2.28. The van der Waals surface area contributed by atoms with Gasteiger partial charge >= 0.3 is 5.97 Å². The molecule has 98 valence electrons. The lowest BCUT2D eigenvalue weighted by molar-refractivity contribution is -0.144. The Kier molecular flexibility index (Phi) is 4.85. The van der Waals surface area contributed by atoms with Crippen molar-refractivity contribution in [1.29, 1.82) is 0 Å². The molecule has 1 rings (SSSR count). The summed E-state index contributed by atoms with van der Waals surface area (Å²) in [6, 6.07) is 6.11. The molecule has 0 fully saturated rings. The van der Waals surface area contributed by atoms with E-state index in [1.807, 2.05) is 31.2 Å². The summed E-state index contributed by atoms with van der Waals surface area (Å²) >= 11 is 0. The maximum absolute atomic E-state index is 11.6. The van der Waals surface area contributed by atoms with Gasteiger partial charge in [0.05, 0.1) is 12.5 Å². The summed E-state index contributed by atoms with van der Waals surface area (Å²) in [7, 11) is 0. The smallest absolute Gasteiger partial charge is 0.328 e. The molecular formula is C13H17NO4. The summed E-state index contributed by atoms with van der Waals surface area (Å²) < 4.78 is 0. The Bertz CT molecular complexity index is 425. The number of nitrogens with one attached hydrogen (secondary N) is 1. The lowest BCUT2D eigenvalue weighted by Crippen LogP contribution is -2.48. The van der Waals surface area contributed by atoms with Gasteiger partial charge < -0.3 is 15.5 Å². The Balaban J connectivity index is 2.60. The zero-order valence-electron chi connectivity index (χ0n) is 10.4. The molecule has 1 aromatic carbocycles. The molecule has 5 nitrogen and oxygen atoms in total. The second kappa shape index (κ2) is 6.16. The van der Waals surface area contributed by atoms with Gasteiger partial charge in [-0.2, -0.15) is 0 Å². The van der Waals surface area contributed by atoms with Crippen LogP contribution in [-0.4, -0.2) is 34.2 Å². The SMILES string of the molecule is Cc1ccc(CC(=O)N[C@H](C(=O)O)[C@@H](C)O)cc1. The van der Waals surface area contributed by atoms with Crippen molar-refractivity contribution in [3.63, 3.8) is 0 Å². The van der Waals surface area contributed by atoms with Crippen LogP contribution in [0.5, 0.6) is 0 Å². The van der Waals surface area contributed by atoms with E-state index >= 15 is 0 Å². The van der Waals surface area contributed by atoms with Gasteiger partial charge in [-0.25, -0.2) is 4.79 Å². The molecule has 5 heteroatoms. The molecule has 0 unspecified atom stereocenters. The molecule has 0 spiro atoms. The van der Waals surface area contributed by atoms with Gasteiger partial charge in [0.25, 0.3) is 0 Å². The number of aliphatic hydroxyl groups is 1. The molecule has 18 heavy (non-hydrogen) atoms. The van der Waals surface area contributed by atoms with E-state index in [-0.39, 0.29) is 6.42 Å². The fourth-order valence-electron chi connectivity index (χ4n) is 1.50. The number of carboxylic acid groups (broad SMARTS) is 1. The van der Waals surface area contributed by atoms with Crippen LogP contribution >= 0.6 is 0 Å². The Hall–Kier alpha value is -1.88. The predicted molar refractivity (Wildman–Crippen MR) is 66.1 cm³/mol. The standard InChI is InChI=1S/C13H17NO4/c1-8-3-5-10(6-4-8)7-11(16)14-12(9(2)15)13(17)18/h3-6,9,12,15H,7H2,1-2H3,(H,14,16)(H,17,18)/t9-,12+/m1/s1. The van der Waals surface area contributed by atoms with Gasteiger partial charge in [0, 0.05) is 0 Å². The van der Waals surface area contributed by atoms with E-state index in [4.69, 9.17) is 5.11 Å². The normalized spacial score (nSPS) is 13.7. The van der Waals surface area contributed by atoms with Crippen molar-refractivity contribution < 1.29 is 19.8 Å². The van der Waals surface area contributed by atoms with Crippen LogP contribution in [0.25, 0.3) is 0 Å². The van der Waals surface area contributed by atoms with Gasteiger partial charge in [0.1, 0.15) is 0 Å². The van der Waals surface area contributed by atoms with E-state index in [9.17, 15) is 14.7 Å². The maximum atomic E-state index is 11.6. The highest BCUT2D eigenvalue weighted by atomic mass is 16.4. The van der Waals surface area contributed by atoms with Gasteiger partial charge in [-0.05, 0) is 19.4 Å². The first-order valence-electron chi connectivity index (χ1n) is 5.66. The molecule has 3 N–H and O–H groups in total. The molecule has 0 radical (unpaired) electrons. The lowest BCUT2D eigenvalue weighted by Gasteiger charge is -2.16. The number of aliphatic carboxylic acids is 1. The molecule has 0 bridgehead atoms. The molecule has 0 saturated heterocycles. The minimum Gasteiger partial charge on any atom is -0.480 e. The molecule has 1 amide bonds. The third-order valence-corrected chi connectivity index (χ3v) is 2.55. The van der Waals surface area contributed by atoms with Crippen LogP contribution in [0.3, 0.4) is 0 Å².